The van der Waals surface area contributed by atoms with Crippen LogP contribution in [0.15, 0.2) is 42.6 Å². The van der Waals surface area contributed by atoms with Crippen LogP contribution in [-0.2, 0) is 6.54 Å². The predicted molar refractivity (Wildman–Crippen MR) is 89.4 cm³/mol. The molecule has 1 aromatic carbocycles. The van der Waals surface area contributed by atoms with Crippen molar-refractivity contribution >= 4 is 11.6 Å². The Balaban J connectivity index is 1.54. The van der Waals surface area contributed by atoms with E-state index in [-0.39, 0.29) is 5.91 Å². The molecule has 1 fully saturated rings. The van der Waals surface area contributed by atoms with Crippen molar-refractivity contribution in [1.29, 1.82) is 0 Å². The number of hydrogen-bond donors (Lipinski definition) is 1. The molecule has 6 nitrogen and oxygen atoms in total. The van der Waals surface area contributed by atoms with Crippen LogP contribution in [0.4, 0.5) is 5.69 Å². The average Bonchev–Trinajstić information content (AvgIpc) is 2.61. The van der Waals surface area contributed by atoms with E-state index in [1.54, 1.807) is 18.3 Å². The summed E-state index contributed by atoms with van der Waals surface area (Å²) in [5.41, 5.74) is 2.64. The van der Waals surface area contributed by atoms with Gasteiger partial charge in [-0.25, -0.2) is 0 Å². The molecule has 0 bridgehead atoms. The number of piperazine rings is 1. The van der Waals surface area contributed by atoms with E-state index < -0.39 is 0 Å². The van der Waals surface area contributed by atoms with Gasteiger partial charge in [0, 0.05) is 44.6 Å². The lowest BCUT2D eigenvalue weighted by Gasteiger charge is -2.34. The third-order valence-electron chi connectivity index (χ3n) is 4.06. The molecule has 3 rings (SSSR count). The van der Waals surface area contributed by atoms with Crippen molar-refractivity contribution in [2.75, 3.05) is 38.1 Å². The smallest absolute Gasteiger partial charge is 0.272 e. The van der Waals surface area contributed by atoms with E-state index in [0.29, 0.717) is 12.2 Å². The van der Waals surface area contributed by atoms with E-state index in [1.165, 1.54) is 5.69 Å². The Labute approximate surface area is 136 Å². The van der Waals surface area contributed by atoms with Crippen LogP contribution in [0.1, 0.15) is 16.1 Å². The van der Waals surface area contributed by atoms with Gasteiger partial charge in [0.25, 0.3) is 5.91 Å². The zero-order chi connectivity index (χ0) is 16.1. The van der Waals surface area contributed by atoms with E-state index in [2.05, 4.69) is 56.6 Å². The van der Waals surface area contributed by atoms with Crippen LogP contribution in [-0.4, -0.2) is 54.2 Å². The summed E-state index contributed by atoms with van der Waals surface area (Å²) >= 11 is 0. The van der Waals surface area contributed by atoms with Crippen LogP contribution in [0.25, 0.3) is 0 Å². The maximum atomic E-state index is 11.9. The number of rotatable bonds is 4. The van der Waals surface area contributed by atoms with E-state index >= 15 is 0 Å². The molecular weight excluding hydrogens is 290 g/mol. The Bertz CT molecular complexity index is 636. The fraction of sp³-hybridized carbons (Fsp3) is 0.353. The third-order valence-corrected chi connectivity index (χ3v) is 4.06. The summed E-state index contributed by atoms with van der Waals surface area (Å²) in [5.74, 6) is -0.207. The third kappa shape index (κ3) is 4.04. The summed E-state index contributed by atoms with van der Waals surface area (Å²) in [6, 6.07) is 11.7. The number of nitrogens with one attached hydrogen (secondary N) is 1. The Morgan fingerprint density at radius 2 is 1.87 bits per heavy atom. The van der Waals surface area contributed by atoms with Crippen molar-refractivity contribution in [3.05, 3.63) is 53.9 Å². The zero-order valence-electron chi connectivity index (χ0n) is 13.3. The van der Waals surface area contributed by atoms with Gasteiger partial charge >= 0.3 is 0 Å². The lowest BCUT2D eigenvalue weighted by molar-refractivity contribution is 0.0945. The van der Waals surface area contributed by atoms with Gasteiger partial charge in [0.05, 0.1) is 0 Å². The van der Waals surface area contributed by atoms with Gasteiger partial charge in [0.2, 0.25) is 0 Å². The number of carbonyl (C=O) groups is 1. The second-order valence-corrected chi connectivity index (χ2v) is 5.75. The van der Waals surface area contributed by atoms with Crippen LogP contribution in [0.2, 0.25) is 0 Å². The van der Waals surface area contributed by atoms with Crippen molar-refractivity contribution in [2.45, 2.75) is 6.54 Å². The van der Waals surface area contributed by atoms with Crippen molar-refractivity contribution < 1.29 is 4.79 Å². The number of hydrogen-bond acceptors (Lipinski definition) is 5. The minimum atomic E-state index is -0.207. The molecule has 0 saturated carbocycles. The number of amides is 1. The number of likely N-dealkylation sites (N-methyl/N-ethyl adjacent to an activating group) is 1. The Morgan fingerprint density at radius 1 is 1.13 bits per heavy atom. The first-order chi connectivity index (χ1) is 11.2. The van der Waals surface area contributed by atoms with Gasteiger partial charge in [-0.15, -0.1) is 5.10 Å². The predicted octanol–water partition coefficient (Wildman–Crippen LogP) is 1.16. The van der Waals surface area contributed by atoms with Gasteiger partial charge < -0.3 is 15.1 Å². The molecule has 1 aliphatic heterocycles. The Morgan fingerprint density at radius 3 is 2.52 bits per heavy atom. The highest BCUT2D eigenvalue weighted by Crippen LogP contribution is 2.17. The van der Waals surface area contributed by atoms with Crippen molar-refractivity contribution in [3.8, 4) is 0 Å². The molecule has 2 heterocycles. The monoisotopic (exact) mass is 311 g/mol. The minimum absolute atomic E-state index is 0.207. The van der Waals surface area contributed by atoms with Crippen LogP contribution < -0.4 is 10.2 Å². The number of benzene rings is 1. The zero-order valence-corrected chi connectivity index (χ0v) is 13.3. The van der Waals surface area contributed by atoms with Crippen LogP contribution >= 0.6 is 0 Å². The molecule has 2 aromatic rings. The fourth-order valence-corrected chi connectivity index (χ4v) is 2.58. The first kappa shape index (κ1) is 15.4. The molecule has 0 atom stereocenters. The first-order valence-electron chi connectivity index (χ1n) is 7.81. The van der Waals surface area contributed by atoms with Crippen LogP contribution in [0, 0.1) is 0 Å². The van der Waals surface area contributed by atoms with Gasteiger partial charge in [-0.2, -0.15) is 5.10 Å². The normalized spacial score (nSPS) is 15.4. The summed E-state index contributed by atoms with van der Waals surface area (Å²) in [4.78, 5) is 16.7. The average molecular weight is 311 g/mol. The number of aromatic nitrogens is 2. The lowest BCUT2D eigenvalue weighted by atomic mass is 10.1. The molecule has 6 heteroatoms. The SMILES string of the molecule is CN1CCN(c2ccc(CNC(=O)c3cccnn3)cc2)CC1. The van der Waals surface area contributed by atoms with Gasteiger partial charge in [-0.1, -0.05) is 12.1 Å². The molecule has 1 aromatic heterocycles. The molecule has 1 amide bonds. The molecule has 1 aliphatic rings. The second-order valence-electron chi connectivity index (χ2n) is 5.75. The molecule has 1 saturated heterocycles. The largest absolute Gasteiger partial charge is 0.369 e. The highest BCUT2D eigenvalue weighted by atomic mass is 16.1. The Hall–Kier alpha value is -2.47. The fourth-order valence-electron chi connectivity index (χ4n) is 2.58. The van der Waals surface area contributed by atoms with E-state index in [0.717, 1.165) is 31.7 Å². The topological polar surface area (TPSA) is 61.4 Å². The summed E-state index contributed by atoms with van der Waals surface area (Å²) < 4.78 is 0. The van der Waals surface area contributed by atoms with E-state index in [1.807, 2.05) is 0 Å². The number of carbonyl (C=O) groups excluding carboxylic acids is 1. The van der Waals surface area contributed by atoms with Crippen LogP contribution in [0.5, 0.6) is 0 Å². The van der Waals surface area contributed by atoms with Crippen molar-refractivity contribution in [2.24, 2.45) is 0 Å². The molecule has 0 spiro atoms. The van der Waals surface area contributed by atoms with Crippen molar-refractivity contribution in [1.82, 2.24) is 20.4 Å². The molecule has 0 unspecified atom stereocenters. The first-order valence-corrected chi connectivity index (χ1v) is 7.81. The molecule has 0 radical (unpaired) electrons. The molecule has 1 N–H and O–H groups in total. The highest BCUT2D eigenvalue weighted by molar-refractivity contribution is 5.91. The van der Waals surface area contributed by atoms with Gasteiger partial charge in [0.15, 0.2) is 5.69 Å². The standard InChI is InChI=1S/C17H21N5O/c1-21-9-11-22(12-10-21)15-6-4-14(5-7-15)13-18-17(23)16-3-2-8-19-20-16/h2-8H,9-13H2,1H3,(H,18,23). The summed E-state index contributed by atoms with van der Waals surface area (Å²) in [7, 11) is 2.15. The van der Waals surface area contributed by atoms with Crippen molar-refractivity contribution in [3.63, 3.8) is 0 Å². The second kappa shape index (κ2) is 7.19. The highest BCUT2D eigenvalue weighted by Gasteiger charge is 2.14. The van der Waals surface area contributed by atoms with Gasteiger partial charge in [0.1, 0.15) is 0 Å². The lowest BCUT2D eigenvalue weighted by Crippen LogP contribution is -2.44. The number of anilines is 1. The molecular formula is C17H21N5O. The molecule has 0 aliphatic carbocycles. The quantitative estimate of drug-likeness (QED) is 0.918. The maximum absolute atomic E-state index is 11.9. The number of nitrogens with zero attached hydrogens (tertiary/aromatic N) is 4. The van der Waals surface area contributed by atoms with E-state index in [4.69, 9.17) is 0 Å². The maximum Gasteiger partial charge on any atom is 0.272 e. The minimum Gasteiger partial charge on any atom is -0.369 e. The van der Waals surface area contributed by atoms with Crippen LogP contribution in [0.3, 0.4) is 0 Å². The molecule has 23 heavy (non-hydrogen) atoms. The Kier molecular flexibility index (Phi) is 4.83. The summed E-state index contributed by atoms with van der Waals surface area (Å²) in [5, 5.41) is 10.4. The van der Waals surface area contributed by atoms with Gasteiger partial charge in [-0.05, 0) is 36.9 Å². The summed E-state index contributed by atoms with van der Waals surface area (Å²) in [6.07, 6.45) is 1.55. The van der Waals surface area contributed by atoms with E-state index in [9.17, 15) is 4.79 Å². The summed E-state index contributed by atoms with van der Waals surface area (Å²) in [6.45, 7) is 4.78. The molecule has 120 valence electrons. The van der Waals surface area contributed by atoms with Gasteiger partial charge in [-0.3, -0.25) is 4.79 Å².